The van der Waals surface area contributed by atoms with Gasteiger partial charge in [0.25, 0.3) is 0 Å². The summed E-state index contributed by atoms with van der Waals surface area (Å²) < 4.78 is 2.00. The fourth-order valence-electron chi connectivity index (χ4n) is 2.31. The summed E-state index contributed by atoms with van der Waals surface area (Å²) >= 11 is 0. The zero-order valence-corrected chi connectivity index (χ0v) is 9.66. The van der Waals surface area contributed by atoms with Gasteiger partial charge < -0.3 is 10.3 Å². The Labute approximate surface area is 94.9 Å². The second-order valence-electron chi connectivity index (χ2n) is 3.99. The molecule has 0 aliphatic carbocycles. The Balaban J connectivity index is 2.71. The van der Waals surface area contributed by atoms with E-state index >= 15 is 0 Å². The fraction of sp³-hybridized carbons (Fsp3) is 0.308. The molecule has 0 atom stereocenters. The van der Waals surface area contributed by atoms with E-state index in [9.17, 15) is 4.79 Å². The van der Waals surface area contributed by atoms with Gasteiger partial charge in [-0.1, -0.05) is 25.1 Å². The van der Waals surface area contributed by atoms with Crippen LogP contribution in [0.4, 0.5) is 0 Å². The predicted molar refractivity (Wildman–Crippen MR) is 65.2 cm³/mol. The Morgan fingerprint density at radius 3 is 2.69 bits per heavy atom. The lowest BCUT2D eigenvalue weighted by Crippen LogP contribution is -2.19. The molecular weight excluding hydrogens is 200 g/mol. The van der Waals surface area contributed by atoms with Gasteiger partial charge in [-0.05, 0) is 25.0 Å². The average molecular weight is 216 g/mol. The molecule has 0 bridgehead atoms. The number of primary amides is 1. The van der Waals surface area contributed by atoms with Gasteiger partial charge in [0.15, 0.2) is 0 Å². The van der Waals surface area contributed by atoms with Crippen LogP contribution in [0.25, 0.3) is 10.9 Å². The molecule has 0 aliphatic rings. The topological polar surface area (TPSA) is 48.0 Å². The van der Waals surface area contributed by atoms with Crippen molar-refractivity contribution in [3.8, 4) is 0 Å². The van der Waals surface area contributed by atoms with Crippen molar-refractivity contribution in [2.75, 3.05) is 0 Å². The van der Waals surface area contributed by atoms with Crippen LogP contribution >= 0.6 is 0 Å². The summed E-state index contributed by atoms with van der Waals surface area (Å²) in [6, 6.07) is 8.14. The van der Waals surface area contributed by atoms with Crippen LogP contribution in [0.3, 0.4) is 0 Å². The van der Waals surface area contributed by atoms with Gasteiger partial charge in [-0.3, -0.25) is 4.79 Å². The highest BCUT2D eigenvalue weighted by Crippen LogP contribution is 2.25. The molecule has 2 aromatic rings. The number of aryl methyl sites for hydroxylation is 1. The average Bonchev–Trinajstić information content (AvgIpc) is 2.52. The quantitative estimate of drug-likeness (QED) is 0.838. The van der Waals surface area contributed by atoms with Crippen LogP contribution in [0, 0.1) is 6.92 Å². The molecule has 3 nitrogen and oxygen atoms in total. The van der Waals surface area contributed by atoms with Gasteiger partial charge in [-0.25, -0.2) is 0 Å². The largest absolute Gasteiger partial charge is 0.368 e. The first-order chi connectivity index (χ1) is 7.65. The summed E-state index contributed by atoms with van der Waals surface area (Å²) in [5.41, 5.74) is 8.81. The number of fused-ring (bicyclic) bond motifs is 1. The molecule has 1 amide bonds. The molecule has 0 saturated heterocycles. The third kappa shape index (κ3) is 1.58. The van der Waals surface area contributed by atoms with E-state index in [1.165, 1.54) is 10.9 Å². The predicted octanol–water partition coefficient (Wildman–Crippen LogP) is 2.00. The van der Waals surface area contributed by atoms with Crippen LogP contribution in [-0.4, -0.2) is 10.5 Å². The molecule has 2 rings (SSSR count). The molecule has 0 unspecified atom stereocenters. The van der Waals surface area contributed by atoms with Crippen molar-refractivity contribution in [1.82, 2.24) is 4.57 Å². The lowest BCUT2D eigenvalue weighted by molar-refractivity contribution is -0.118. The Morgan fingerprint density at radius 2 is 2.06 bits per heavy atom. The number of para-hydroxylation sites is 1. The summed E-state index contributed by atoms with van der Waals surface area (Å²) in [6.45, 7) is 4.43. The molecule has 2 N–H and O–H groups in total. The smallest absolute Gasteiger partial charge is 0.237 e. The van der Waals surface area contributed by atoms with E-state index in [0.717, 1.165) is 17.6 Å². The van der Waals surface area contributed by atoms with Gasteiger partial charge in [0, 0.05) is 16.6 Å². The first-order valence-corrected chi connectivity index (χ1v) is 5.50. The number of rotatable bonds is 3. The van der Waals surface area contributed by atoms with Crippen LogP contribution in [0.2, 0.25) is 0 Å². The molecule has 1 aromatic heterocycles. The Morgan fingerprint density at radius 1 is 1.38 bits per heavy atom. The number of benzene rings is 1. The molecule has 16 heavy (non-hydrogen) atoms. The van der Waals surface area contributed by atoms with Crippen LogP contribution < -0.4 is 5.73 Å². The van der Waals surface area contributed by atoms with Crippen molar-refractivity contribution < 1.29 is 4.79 Å². The molecule has 0 aliphatic heterocycles. The first kappa shape index (κ1) is 10.7. The van der Waals surface area contributed by atoms with Crippen molar-refractivity contribution in [3.05, 3.63) is 35.5 Å². The fourth-order valence-corrected chi connectivity index (χ4v) is 2.31. The van der Waals surface area contributed by atoms with Gasteiger partial charge >= 0.3 is 0 Å². The van der Waals surface area contributed by atoms with Crippen LogP contribution in [0.5, 0.6) is 0 Å². The second kappa shape index (κ2) is 4.00. The van der Waals surface area contributed by atoms with E-state index in [1.54, 1.807) is 0 Å². The van der Waals surface area contributed by atoms with Crippen LogP contribution in [0.1, 0.15) is 18.2 Å². The van der Waals surface area contributed by atoms with Gasteiger partial charge in [-0.15, -0.1) is 0 Å². The monoisotopic (exact) mass is 216 g/mol. The molecule has 0 saturated carbocycles. The number of carbonyl (C=O) groups is 1. The zero-order valence-electron chi connectivity index (χ0n) is 9.66. The van der Waals surface area contributed by atoms with Crippen molar-refractivity contribution in [2.24, 2.45) is 5.73 Å². The molecular formula is C13H16N2O. The maximum atomic E-state index is 11.1. The summed E-state index contributed by atoms with van der Waals surface area (Å²) in [4.78, 5) is 11.1. The number of nitrogens with zero attached hydrogens (tertiary/aromatic N) is 1. The van der Waals surface area contributed by atoms with Crippen molar-refractivity contribution in [3.63, 3.8) is 0 Å². The standard InChI is InChI=1S/C13H16N2O/c1-3-10-9(2)15(8-13(14)16)12-7-5-4-6-11(10)12/h4-7H,3,8H2,1-2H3,(H2,14,16). The maximum absolute atomic E-state index is 11.1. The molecule has 84 valence electrons. The van der Waals surface area contributed by atoms with E-state index in [4.69, 9.17) is 5.73 Å². The number of aromatic nitrogens is 1. The first-order valence-electron chi connectivity index (χ1n) is 5.50. The molecule has 1 aromatic carbocycles. The number of hydrogen-bond acceptors (Lipinski definition) is 1. The summed E-state index contributed by atoms with van der Waals surface area (Å²) in [5.74, 6) is -0.300. The van der Waals surface area contributed by atoms with Gasteiger partial charge in [0.05, 0.1) is 0 Å². The number of carbonyl (C=O) groups excluding carboxylic acids is 1. The Kier molecular flexibility index (Phi) is 2.69. The van der Waals surface area contributed by atoms with Crippen molar-refractivity contribution >= 4 is 16.8 Å². The van der Waals surface area contributed by atoms with E-state index in [1.807, 2.05) is 29.7 Å². The summed E-state index contributed by atoms with van der Waals surface area (Å²) in [7, 11) is 0. The number of hydrogen-bond donors (Lipinski definition) is 1. The number of amides is 1. The Hall–Kier alpha value is -1.77. The summed E-state index contributed by atoms with van der Waals surface area (Å²) in [5, 5.41) is 1.23. The zero-order chi connectivity index (χ0) is 11.7. The minimum absolute atomic E-state index is 0.256. The highest BCUT2D eigenvalue weighted by atomic mass is 16.1. The maximum Gasteiger partial charge on any atom is 0.237 e. The highest BCUT2D eigenvalue weighted by molar-refractivity contribution is 5.87. The van der Waals surface area contributed by atoms with E-state index in [2.05, 4.69) is 13.0 Å². The molecule has 0 spiro atoms. The third-order valence-electron chi connectivity index (χ3n) is 3.03. The highest BCUT2D eigenvalue weighted by Gasteiger charge is 2.12. The molecule has 1 heterocycles. The summed E-state index contributed by atoms with van der Waals surface area (Å²) in [6.07, 6.45) is 0.970. The van der Waals surface area contributed by atoms with E-state index < -0.39 is 0 Å². The van der Waals surface area contributed by atoms with Crippen molar-refractivity contribution in [2.45, 2.75) is 26.8 Å². The van der Waals surface area contributed by atoms with Gasteiger partial charge in [0.2, 0.25) is 5.91 Å². The molecule has 3 heteroatoms. The van der Waals surface area contributed by atoms with Crippen LogP contribution in [-0.2, 0) is 17.8 Å². The Bertz CT molecular complexity index is 540. The minimum atomic E-state index is -0.300. The van der Waals surface area contributed by atoms with Crippen molar-refractivity contribution in [1.29, 1.82) is 0 Å². The van der Waals surface area contributed by atoms with Gasteiger partial charge in [-0.2, -0.15) is 0 Å². The van der Waals surface area contributed by atoms with Gasteiger partial charge in [0.1, 0.15) is 6.54 Å². The second-order valence-corrected chi connectivity index (χ2v) is 3.99. The molecule has 0 fully saturated rings. The third-order valence-corrected chi connectivity index (χ3v) is 3.03. The normalized spacial score (nSPS) is 10.9. The molecule has 0 radical (unpaired) electrons. The number of nitrogens with two attached hydrogens (primary N) is 1. The SMILES string of the molecule is CCc1c(C)n(CC(N)=O)c2ccccc12. The lowest BCUT2D eigenvalue weighted by atomic mass is 10.1. The minimum Gasteiger partial charge on any atom is -0.368 e. The van der Waals surface area contributed by atoms with E-state index in [0.29, 0.717) is 0 Å². The van der Waals surface area contributed by atoms with Crippen LogP contribution in [0.15, 0.2) is 24.3 Å². The lowest BCUT2D eigenvalue weighted by Gasteiger charge is -2.05. The van der Waals surface area contributed by atoms with E-state index in [-0.39, 0.29) is 12.5 Å².